The Labute approximate surface area is 204 Å². The van der Waals surface area contributed by atoms with Gasteiger partial charge in [-0.1, -0.05) is 12.1 Å². The maximum atomic E-state index is 13.4. The molecule has 6 nitrogen and oxygen atoms in total. The van der Waals surface area contributed by atoms with Gasteiger partial charge in [0.2, 0.25) is 0 Å². The summed E-state index contributed by atoms with van der Waals surface area (Å²) in [5.41, 5.74) is 0.403. The van der Waals surface area contributed by atoms with Crippen LogP contribution in [0.5, 0.6) is 11.5 Å². The molecule has 0 radical (unpaired) electrons. The number of amidine groups is 1. The average Bonchev–Trinajstić information content (AvgIpc) is 3.01. The quantitative estimate of drug-likeness (QED) is 0.403. The molecular formula is C26H22F4N4O2. The zero-order chi connectivity index (χ0) is 25.4. The second-order valence-corrected chi connectivity index (χ2v) is 8.64. The van der Waals surface area contributed by atoms with Gasteiger partial charge < -0.3 is 19.9 Å². The molecular weight excluding hydrogens is 476 g/mol. The van der Waals surface area contributed by atoms with Gasteiger partial charge in [-0.3, -0.25) is 0 Å². The van der Waals surface area contributed by atoms with E-state index < -0.39 is 17.6 Å². The van der Waals surface area contributed by atoms with Gasteiger partial charge in [-0.15, -0.1) is 0 Å². The summed E-state index contributed by atoms with van der Waals surface area (Å²) in [7, 11) is 0. The molecule has 1 saturated heterocycles. The van der Waals surface area contributed by atoms with E-state index in [-0.39, 0.29) is 23.5 Å². The molecule has 0 aromatic heterocycles. The van der Waals surface area contributed by atoms with Gasteiger partial charge in [0.1, 0.15) is 23.1 Å². The van der Waals surface area contributed by atoms with Gasteiger partial charge in [0, 0.05) is 31.4 Å². The van der Waals surface area contributed by atoms with Crippen LogP contribution >= 0.6 is 0 Å². The van der Waals surface area contributed by atoms with Crippen molar-refractivity contribution >= 4 is 23.2 Å². The summed E-state index contributed by atoms with van der Waals surface area (Å²) in [6, 6.07) is 15.3. The Hall–Kier alpha value is -4.08. The monoisotopic (exact) mass is 498 g/mol. The number of benzene rings is 3. The first-order chi connectivity index (χ1) is 17.2. The fourth-order valence-electron chi connectivity index (χ4n) is 4.32. The molecule has 0 saturated carbocycles. The molecule has 186 valence electrons. The number of amides is 2. The number of carbonyl (C=O) groups is 1. The molecule has 2 amide bonds. The van der Waals surface area contributed by atoms with E-state index >= 15 is 0 Å². The predicted octanol–water partition coefficient (Wildman–Crippen LogP) is 6.27. The Kier molecular flexibility index (Phi) is 6.03. The van der Waals surface area contributed by atoms with E-state index in [1.807, 2.05) is 24.0 Å². The molecule has 2 aliphatic heterocycles. The molecule has 2 heterocycles. The van der Waals surface area contributed by atoms with Gasteiger partial charge in [0.05, 0.1) is 11.1 Å². The maximum absolute atomic E-state index is 13.4. The van der Waals surface area contributed by atoms with Gasteiger partial charge in [0.15, 0.2) is 5.75 Å². The number of rotatable bonds is 1. The van der Waals surface area contributed by atoms with Crippen LogP contribution in [0.1, 0.15) is 18.1 Å². The first-order valence-electron chi connectivity index (χ1n) is 11.3. The largest absolute Gasteiger partial charge is 0.454 e. The second-order valence-electron chi connectivity index (χ2n) is 8.64. The number of piperazine rings is 1. The van der Waals surface area contributed by atoms with Gasteiger partial charge in [-0.2, -0.15) is 13.2 Å². The Bertz CT molecular complexity index is 1320. The summed E-state index contributed by atoms with van der Waals surface area (Å²) in [6.07, 6.45) is -4.51. The molecule has 36 heavy (non-hydrogen) atoms. The van der Waals surface area contributed by atoms with Crippen molar-refractivity contribution in [2.24, 2.45) is 4.99 Å². The number of nitrogens with zero attached hydrogens (tertiary/aromatic N) is 3. The van der Waals surface area contributed by atoms with Gasteiger partial charge in [-0.25, -0.2) is 14.2 Å². The molecule has 1 unspecified atom stereocenters. The third-order valence-electron chi connectivity index (χ3n) is 6.14. The smallest absolute Gasteiger partial charge is 0.416 e. The highest BCUT2D eigenvalue weighted by Gasteiger charge is 2.34. The zero-order valence-corrected chi connectivity index (χ0v) is 19.2. The minimum atomic E-state index is -4.51. The van der Waals surface area contributed by atoms with E-state index in [2.05, 4.69) is 10.3 Å². The highest BCUT2D eigenvalue weighted by Crippen LogP contribution is 2.41. The zero-order valence-electron chi connectivity index (χ0n) is 19.2. The SMILES string of the molecule is CC1CN(C2=Nc3cc(C(F)(F)F)ccc3Oc3ccccc32)CCN1C(=O)Nc1ccc(F)cc1. The first kappa shape index (κ1) is 23.7. The Morgan fingerprint density at radius 1 is 1.03 bits per heavy atom. The van der Waals surface area contributed by atoms with Crippen LogP contribution in [0.2, 0.25) is 0 Å². The van der Waals surface area contributed by atoms with Crippen molar-refractivity contribution in [2.45, 2.75) is 19.1 Å². The van der Waals surface area contributed by atoms with Crippen LogP contribution in [0.4, 0.5) is 33.7 Å². The molecule has 1 fully saturated rings. The number of nitrogens with one attached hydrogen (secondary N) is 1. The van der Waals surface area contributed by atoms with E-state index in [4.69, 9.17) is 4.74 Å². The minimum Gasteiger partial charge on any atom is -0.454 e. The van der Waals surface area contributed by atoms with Crippen molar-refractivity contribution < 1.29 is 27.1 Å². The van der Waals surface area contributed by atoms with Crippen LogP contribution in [0, 0.1) is 5.82 Å². The Balaban J connectivity index is 1.42. The number of hydrogen-bond acceptors (Lipinski definition) is 4. The van der Waals surface area contributed by atoms with Crippen molar-refractivity contribution in [3.63, 3.8) is 0 Å². The molecule has 0 aliphatic carbocycles. The summed E-state index contributed by atoms with van der Waals surface area (Å²) in [5, 5.41) is 2.77. The molecule has 1 N–H and O–H groups in total. The third-order valence-corrected chi connectivity index (χ3v) is 6.14. The Morgan fingerprint density at radius 2 is 1.78 bits per heavy atom. The first-order valence-corrected chi connectivity index (χ1v) is 11.3. The van der Waals surface area contributed by atoms with Crippen LogP contribution in [-0.4, -0.2) is 47.3 Å². The molecule has 10 heteroatoms. The lowest BCUT2D eigenvalue weighted by molar-refractivity contribution is -0.137. The number of para-hydroxylation sites is 1. The van der Waals surface area contributed by atoms with Gasteiger partial charge in [-0.05, 0) is 61.5 Å². The molecule has 1 atom stereocenters. The summed E-state index contributed by atoms with van der Waals surface area (Å²) in [5.74, 6) is 0.802. The van der Waals surface area contributed by atoms with E-state index in [1.165, 1.54) is 30.3 Å². The fraction of sp³-hybridized carbons (Fsp3) is 0.231. The lowest BCUT2D eigenvalue weighted by atomic mass is 10.1. The topological polar surface area (TPSA) is 57.2 Å². The highest BCUT2D eigenvalue weighted by molar-refractivity contribution is 6.04. The highest BCUT2D eigenvalue weighted by atomic mass is 19.4. The van der Waals surface area contributed by atoms with E-state index in [0.717, 1.165) is 12.1 Å². The summed E-state index contributed by atoms with van der Waals surface area (Å²) >= 11 is 0. The second kappa shape index (κ2) is 9.18. The summed E-state index contributed by atoms with van der Waals surface area (Å²) in [6.45, 7) is 3.04. The molecule has 3 aromatic rings. The summed E-state index contributed by atoms with van der Waals surface area (Å²) in [4.78, 5) is 21.1. The molecule has 5 rings (SSSR count). The van der Waals surface area contributed by atoms with Crippen molar-refractivity contribution in [3.8, 4) is 11.5 Å². The minimum absolute atomic E-state index is 0.0835. The maximum Gasteiger partial charge on any atom is 0.416 e. The van der Waals surface area contributed by atoms with Crippen LogP contribution in [0.3, 0.4) is 0 Å². The number of fused-ring (bicyclic) bond motifs is 2. The van der Waals surface area contributed by atoms with Crippen molar-refractivity contribution in [2.75, 3.05) is 25.0 Å². The van der Waals surface area contributed by atoms with E-state index in [1.54, 1.807) is 17.0 Å². The van der Waals surface area contributed by atoms with Gasteiger partial charge in [0.25, 0.3) is 0 Å². The lowest BCUT2D eigenvalue weighted by Crippen LogP contribution is -2.56. The van der Waals surface area contributed by atoms with Crippen LogP contribution in [0.15, 0.2) is 71.7 Å². The molecule has 3 aromatic carbocycles. The van der Waals surface area contributed by atoms with Crippen LogP contribution < -0.4 is 10.1 Å². The number of halogens is 4. The standard InChI is InChI=1S/C26H22F4N4O2/c1-16-15-33(12-13-34(16)25(35)31-19-9-7-18(27)8-10-19)24-20-4-2-3-5-22(20)36-23-11-6-17(26(28,29)30)14-21(23)32-24/h2-11,14,16H,12-13,15H2,1H3,(H,31,35). The number of aliphatic imine (C=N–C) groups is 1. The number of hydrogen-bond donors (Lipinski definition) is 1. The van der Waals surface area contributed by atoms with Crippen LogP contribution in [0.25, 0.3) is 0 Å². The van der Waals surface area contributed by atoms with Crippen LogP contribution in [-0.2, 0) is 6.18 Å². The van der Waals surface area contributed by atoms with Crippen molar-refractivity contribution in [1.82, 2.24) is 9.80 Å². The average molecular weight is 498 g/mol. The molecule has 2 aliphatic rings. The molecule has 0 spiro atoms. The predicted molar refractivity (Wildman–Crippen MR) is 127 cm³/mol. The molecule has 0 bridgehead atoms. The van der Waals surface area contributed by atoms with E-state index in [0.29, 0.717) is 42.5 Å². The van der Waals surface area contributed by atoms with Gasteiger partial charge >= 0.3 is 12.2 Å². The number of carbonyl (C=O) groups excluding carboxylic acids is 1. The number of anilines is 1. The van der Waals surface area contributed by atoms with Crippen molar-refractivity contribution in [3.05, 3.63) is 83.7 Å². The number of ether oxygens (including phenoxy) is 1. The number of alkyl halides is 3. The van der Waals surface area contributed by atoms with E-state index in [9.17, 15) is 22.4 Å². The Morgan fingerprint density at radius 3 is 2.50 bits per heavy atom. The summed E-state index contributed by atoms with van der Waals surface area (Å²) < 4.78 is 59.2. The fourth-order valence-corrected chi connectivity index (χ4v) is 4.32. The normalized spacial score (nSPS) is 17.4. The third kappa shape index (κ3) is 4.71. The van der Waals surface area contributed by atoms with Crippen molar-refractivity contribution in [1.29, 1.82) is 0 Å². The number of urea groups is 1. The lowest BCUT2D eigenvalue weighted by Gasteiger charge is -2.41.